The van der Waals surface area contributed by atoms with Crippen molar-refractivity contribution < 1.29 is 85.1 Å². The molecular formula is C26H16N4Na2O8S2. The van der Waals surface area contributed by atoms with Gasteiger partial charge in [-0.3, -0.25) is 20.4 Å². The Bertz CT molecular complexity index is 2290. The van der Waals surface area contributed by atoms with Gasteiger partial charge in [-0.15, -0.1) is 0 Å². The first-order chi connectivity index (χ1) is 18.9. The minimum atomic E-state index is -4.76. The van der Waals surface area contributed by atoms with Crippen molar-refractivity contribution in [3.63, 3.8) is 0 Å². The molecule has 0 bridgehead atoms. The van der Waals surface area contributed by atoms with Crippen molar-refractivity contribution in [2.45, 2.75) is 9.79 Å². The van der Waals surface area contributed by atoms with Crippen LogP contribution in [0, 0.1) is 0 Å². The third-order valence-corrected chi connectivity index (χ3v) is 7.68. The van der Waals surface area contributed by atoms with Gasteiger partial charge in [0.25, 0.3) is 0 Å². The van der Waals surface area contributed by atoms with Crippen LogP contribution >= 0.6 is 0 Å². The zero-order chi connectivity index (χ0) is 28.7. The van der Waals surface area contributed by atoms with Crippen molar-refractivity contribution in [3.05, 3.63) is 116 Å². The van der Waals surface area contributed by atoms with Crippen LogP contribution in [0.1, 0.15) is 0 Å². The number of nitrogens with zero attached hydrogens (tertiary/aromatic N) is 2. The van der Waals surface area contributed by atoms with Gasteiger partial charge in [0.15, 0.2) is 5.36 Å². The van der Waals surface area contributed by atoms with E-state index in [9.17, 15) is 35.5 Å². The third kappa shape index (κ3) is 7.06. The molecule has 0 fully saturated rings. The van der Waals surface area contributed by atoms with Crippen LogP contribution < -0.4 is 91.5 Å². The Morgan fingerprint density at radius 1 is 0.619 bits per heavy atom. The molecule has 2 N–H and O–H groups in total. The van der Waals surface area contributed by atoms with Gasteiger partial charge in [0, 0.05) is 16.2 Å². The van der Waals surface area contributed by atoms with Gasteiger partial charge < -0.3 is 9.11 Å². The second-order valence-electron chi connectivity index (χ2n) is 8.46. The van der Waals surface area contributed by atoms with E-state index in [4.69, 9.17) is 0 Å². The zero-order valence-electron chi connectivity index (χ0n) is 22.1. The molecule has 0 unspecified atom stereocenters. The van der Waals surface area contributed by atoms with E-state index in [-0.39, 0.29) is 75.5 Å². The molecule has 0 heterocycles. The summed E-state index contributed by atoms with van der Waals surface area (Å²) in [6, 6.07) is 19.5. The summed E-state index contributed by atoms with van der Waals surface area (Å²) in [5.74, 6) is 0. The molecule has 0 amide bonds. The molecule has 0 saturated carbocycles. The monoisotopic (exact) mass is 622 g/mol. The Labute approximate surface area is 282 Å². The molecule has 0 aliphatic heterocycles. The van der Waals surface area contributed by atoms with Gasteiger partial charge in [0.1, 0.15) is 25.6 Å². The SMILES string of the molecule is O=c1ccc(=NNc2cccc3ccc(S(=O)(=O)[O-])cc23)c(=O)c1=NNc1ccc(S(=O)(=O)[O-])c2ccccc12.[Na+].[Na+]. The molecule has 0 aromatic heterocycles. The molecule has 16 heteroatoms. The first kappa shape index (κ1) is 33.7. The van der Waals surface area contributed by atoms with Crippen LogP contribution in [-0.2, 0) is 20.2 Å². The van der Waals surface area contributed by atoms with Gasteiger partial charge in [-0.25, -0.2) is 16.8 Å². The quantitative estimate of drug-likeness (QED) is 0.105. The van der Waals surface area contributed by atoms with Crippen LogP contribution in [0.3, 0.4) is 0 Å². The van der Waals surface area contributed by atoms with Crippen LogP contribution in [0.4, 0.5) is 11.4 Å². The molecular weight excluding hydrogens is 606 g/mol. The Kier molecular flexibility index (Phi) is 10.7. The number of rotatable bonds is 6. The van der Waals surface area contributed by atoms with Gasteiger partial charge in [0.05, 0.1) is 21.2 Å². The molecule has 42 heavy (non-hydrogen) atoms. The molecule has 0 aliphatic rings. The second kappa shape index (κ2) is 13.3. The van der Waals surface area contributed by atoms with Crippen LogP contribution in [0.2, 0.25) is 0 Å². The van der Waals surface area contributed by atoms with Gasteiger partial charge in [-0.1, -0.05) is 42.5 Å². The summed E-state index contributed by atoms with van der Waals surface area (Å²) in [7, 11) is -9.46. The Morgan fingerprint density at radius 3 is 1.98 bits per heavy atom. The fourth-order valence-electron chi connectivity index (χ4n) is 4.06. The van der Waals surface area contributed by atoms with Gasteiger partial charge in [-0.05, 0) is 47.9 Å². The molecule has 0 spiro atoms. The number of fused-ring (bicyclic) bond motifs is 2. The molecule has 5 rings (SSSR count). The van der Waals surface area contributed by atoms with E-state index < -0.39 is 46.2 Å². The third-order valence-electron chi connectivity index (χ3n) is 5.95. The molecule has 5 aromatic carbocycles. The molecule has 202 valence electrons. The summed E-state index contributed by atoms with van der Waals surface area (Å²) < 4.78 is 69.2. The maximum atomic E-state index is 13.0. The van der Waals surface area contributed by atoms with Crippen molar-refractivity contribution in [1.29, 1.82) is 0 Å². The minimum Gasteiger partial charge on any atom is -0.744 e. The summed E-state index contributed by atoms with van der Waals surface area (Å²) in [5, 5.41) is 8.70. The van der Waals surface area contributed by atoms with E-state index in [1.807, 2.05) is 0 Å². The summed E-state index contributed by atoms with van der Waals surface area (Å²) in [4.78, 5) is 24.6. The Balaban J connectivity index is 0.00000242. The summed E-state index contributed by atoms with van der Waals surface area (Å²) in [6.45, 7) is 0. The average Bonchev–Trinajstić information content (AvgIpc) is 2.91. The molecule has 0 aliphatic carbocycles. The normalized spacial score (nSPS) is 12.5. The van der Waals surface area contributed by atoms with Gasteiger partial charge >= 0.3 is 59.1 Å². The van der Waals surface area contributed by atoms with Crippen molar-refractivity contribution in [1.82, 2.24) is 0 Å². The van der Waals surface area contributed by atoms with Gasteiger partial charge in [0.2, 0.25) is 10.9 Å². The van der Waals surface area contributed by atoms with E-state index in [1.165, 1.54) is 36.4 Å². The Morgan fingerprint density at radius 2 is 1.29 bits per heavy atom. The average molecular weight is 623 g/mol. The molecule has 0 saturated heterocycles. The zero-order valence-corrected chi connectivity index (χ0v) is 27.7. The van der Waals surface area contributed by atoms with E-state index >= 15 is 0 Å². The number of nitrogens with one attached hydrogen (secondary N) is 2. The predicted molar refractivity (Wildman–Crippen MR) is 144 cm³/mol. The molecule has 5 aromatic rings. The first-order valence-corrected chi connectivity index (χ1v) is 14.2. The van der Waals surface area contributed by atoms with Crippen molar-refractivity contribution in [2.75, 3.05) is 10.9 Å². The predicted octanol–water partition coefficient (Wildman–Crippen LogP) is -4.74. The molecule has 0 atom stereocenters. The molecule has 0 radical (unpaired) electrons. The van der Waals surface area contributed by atoms with Crippen LogP contribution in [0.15, 0.2) is 115 Å². The van der Waals surface area contributed by atoms with Crippen molar-refractivity contribution >= 4 is 53.2 Å². The fraction of sp³-hybridized carbons (Fsp3) is 0. The fourth-order valence-corrected chi connectivity index (χ4v) is 5.24. The van der Waals surface area contributed by atoms with E-state index in [1.54, 1.807) is 36.4 Å². The summed E-state index contributed by atoms with van der Waals surface area (Å²) >= 11 is 0. The summed E-state index contributed by atoms with van der Waals surface area (Å²) in [6.07, 6.45) is 0. The number of benzene rings is 5. The number of anilines is 2. The topological polar surface area (TPSA) is 197 Å². The maximum absolute atomic E-state index is 13.0. The van der Waals surface area contributed by atoms with E-state index in [2.05, 4.69) is 21.1 Å². The van der Waals surface area contributed by atoms with Crippen LogP contribution in [-0.4, -0.2) is 25.9 Å². The smallest absolute Gasteiger partial charge is 0.744 e. The second-order valence-corrected chi connectivity index (χ2v) is 11.2. The maximum Gasteiger partial charge on any atom is 1.00 e. The van der Waals surface area contributed by atoms with Crippen molar-refractivity contribution in [2.24, 2.45) is 10.2 Å². The minimum absolute atomic E-state index is 0. The van der Waals surface area contributed by atoms with E-state index in [0.717, 1.165) is 12.1 Å². The first-order valence-electron chi connectivity index (χ1n) is 11.3. The standard InChI is InChI=1S/C26H18N4O8S2.2Na/c31-23-12-10-22(29-27-20-7-3-4-15-8-9-16(14-19(15)20)39(33,34)35)26(32)25(23)30-28-21-11-13-24(40(36,37)38)18-6-2-1-5-17(18)21;;/h1-14,27-28H,(H,33,34,35)(H,36,37,38);;/q;2*+1/p-2. The van der Waals surface area contributed by atoms with Crippen molar-refractivity contribution in [3.8, 4) is 0 Å². The number of hydrogen-bond acceptors (Lipinski definition) is 12. The largest absolute Gasteiger partial charge is 1.00 e. The molecule has 12 nitrogen and oxygen atoms in total. The number of hydrogen-bond donors (Lipinski definition) is 2. The van der Waals surface area contributed by atoms with Gasteiger partial charge in [-0.2, -0.15) is 10.2 Å². The Hall–Kier alpha value is -2.76. The summed E-state index contributed by atoms with van der Waals surface area (Å²) in [5.41, 5.74) is 4.24. The van der Waals surface area contributed by atoms with Crippen LogP contribution in [0.5, 0.6) is 0 Å². The van der Waals surface area contributed by atoms with E-state index in [0.29, 0.717) is 21.8 Å². The van der Waals surface area contributed by atoms with Crippen LogP contribution in [0.25, 0.3) is 21.5 Å².